The number of hydrogen-bond donors (Lipinski definition) is 2. The Bertz CT molecular complexity index is 406. The van der Waals surface area contributed by atoms with Gasteiger partial charge in [0.1, 0.15) is 5.69 Å². The minimum Gasteiger partial charge on any atom is -0.476 e. The first-order chi connectivity index (χ1) is 8.04. The second kappa shape index (κ2) is 6.61. The van der Waals surface area contributed by atoms with E-state index < -0.39 is 5.97 Å². The van der Waals surface area contributed by atoms with Gasteiger partial charge in [-0.25, -0.2) is 9.78 Å². The van der Waals surface area contributed by atoms with Crippen LogP contribution in [-0.4, -0.2) is 40.0 Å². The summed E-state index contributed by atoms with van der Waals surface area (Å²) >= 11 is 2.67. The number of aromatic carboxylic acids is 1. The number of rotatable bonds is 6. The van der Waals surface area contributed by atoms with Crippen molar-refractivity contribution >= 4 is 35.0 Å². The number of carboxylic acid groups (broad SMARTS) is 1. The summed E-state index contributed by atoms with van der Waals surface area (Å²) in [7, 11) is 0. The molecule has 17 heavy (non-hydrogen) atoms. The van der Waals surface area contributed by atoms with E-state index in [1.807, 2.05) is 13.2 Å². The zero-order valence-corrected chi connectivity index (χ0v) is 11.2. The number of nitrogens with zero attached hydrogens (tertiary/aromatic N) is 1. The Morgan fingerprint density at radius 2 is 2.35 bits per heavy atom. The van der Waals surface area contributed by atoms with Crippen molar-refractivity contribution in [2.75, 3.05) is 12.0 Å². The number of carbonyl (C=O) groups excluding carboxylic acids is 1. The normalized spacial score (nSPS) is 12.1. The highest BCUT2D eigenvalue weighted by molar-refractivity contribution is 7.98. The van der Waals surface area contributed by atoms with Gasteiger partial charge in [-0.1, -0.05) is 0 Å². The minimum atomic E-state index is -1.11. The molecule has 1 aromatic heterocycles. The van der Waals surface area contributed by atoms with Crippen LogP contribution in [-0.2, 0) is 0 Å². The van der Waals surface area contributed by atoms with Gasteiger partial charge in [0, 0.05) is 11.4 Å². The Labute approximate surface area is 108 Å². The maximum Gasteiger partial charge on any atom is 0.365 e. The Hall–Kier alpha value is -1.08. The Kier molecular flexibility index (Phi) is 5.43. The molecule has 0 bridgehead atoms. The van der Waals surface area contributed by atoms with E-state index in [1.54, 1.807) is 11.8 Å². The molecule has 0 spiro atoms. The number of carbonyl (C=O) groups is 2. The lowest BCUT2D eigenvalue weighted by atomic mass is 10.2. The molecule has 1 heterocycles. The molecule has 0 saturated heterocycles. The van der Waals surface area contributed by atoms with Crippen LogP contribution >= 0.6 is 23.1 Å². The molecular weight excluding hydrogens is 260 g/mol. The summed E-state index contributed by atoms with van der Waals surface area (Å²) in [5, 5.41) is 12.9. The fourth-order valence-corrected chi connectivity index (χ4v) is 2.36. The van der Waals surface area contributed by atoms with Gasteiger partial charge in [-0.15, -0.1) is 11.3 Å². The molecule has 94 valence electrons. The van der Waals surface area contributed by atoms with Crippen LogP contribution in [0, 0.1) is 0 Å². The van der Waals surface area contributed by atoms with Gasteiger partial charge in [0.25, 0.3) is 5.91 Å². The van der Waals surface area contributed by atoms with E-state index in [-0.39, 0.29) is 22.7 Å². The first-order valence-electron chi connectivity index (χ1n) is 5.03. The molecule has 1 unspecified atom stereocenters. The molecule has 5 nitrogen and oxygen atoms in total. The highest BCUT2D eigenvalue weighted by atomic mass is 32.2. The lowest BCUT2D eigenvalue weighted by molar-refractivity contribution is 0.0696. The average Bonchev–Trinajstić information content (AvgIpc) is 2.75. The summed E-state index contributed by atoms with van der Waals surface area (Å²) in [6.07, 6.45) is 2.89. The lowest BCUT2D eigenvalue weighted by Crippen LogP contribution is -2.33. The first-order valence-corrected chi connectivity index (χ1v) is 7.30. The molecule has 0 fully saturated rings. The molecule has 0 aliphatic carbocycles. The number of aromatic nitrogens is 1. The van der Waals surface area contributed by atoms with E-state index in [1.165, 1.54) is 5.38 Å². The Balaban J connectivity index is 2.54. The Morgan fingerprint density at radius 3 is 2.88 bits per heavy atom. The predicted molar refractivity (Wildman–Crippen MR) is 69.0 cm³/mol. The maximum atomic E-state index is 11.7. The monoisotopic (exact) mass is 274 g/mol. The summed E-state index contributed by atoms with van der Waals surface area (Å²) in [6.45, 7) is 1.92. The molecule has 0 radical (unpaired) electrons. The third-order valence-corrected chi connectivity index (χ3v) is 3.53. The summed E-state index contributed by atoms with van der Waals surface area (Å²) in [5.41, 5.74) is 0.170. The van der Waals surface area contributed by atoms with Crippen molar-refractivity contribution in [1.29, 1.82) is 0 Å². The summed E-state index contributed by atoms with van der Waals surface area (Å²) in [6, 6.07) is 0.0601. The van der Waals surface area contributed by atoms with Crippen LogP contribution in [0.3, 0.4) is 0 Å². The highest BCUT2D eigenvalue weighted by Gasteiger charge is 2.15. The molecule has 0 aromatic carbocycles. The fraction of sp³-hybridized carbons (Fsp3) is 0.500. The number of amides is 1. The van der Waals surface area contributed by atoms with Crippen LogP contribution in [0.1, 0.15) is 33.6 Å². The molecule has 7 heteroatoms. The van der Waals surface area contributed by atoms with Gasteiger partial charge in [-0.05, 0) is 25.4 Å². The molecule has 1 rings (SSSR count). The standard InChI is InChI=1S/C10H14N2O3S2/c1-6(3-4-16-2)11-8(13)7-5-17-9(12-7)10(14)15/h5-6H,3-4H2,1-2H3,(H,11,13)(H,14,15). The third-order valence-electron chi connectivity index (χ3n) is 2.05. The number of thioether (sulfide) groups is 1. The average molecular weight is 274 g/mol. The largest absolute Gasteiger partial charge is 0.476 e. The van der Waals surface area contributed by atoms with Crippen LogP contribution in [0.5, 0.6) is 0 Å². The summed E-state index contributed by atoms with van der Waals surface area (Å²) in [4.78, 5) is 26.0. The molecular formula is C10H14N2O3S2. The van der Waals surface area contributed by atoms with Crippen molar-refractivity contribution in [3.8, 4) is 0 Å². The van der Waals surface area contributed by atoms with E-state index in [0.29, 0.717) is 0 Å². The van der Waals surface area contributed by atoms with Crippen LogP contribution in [0.15, 0.2) is 5.38 Å². The molecule has 0 aliphatic heterocycles. The minimum absolute atomic E-state index is 0.0601. The van der Waals surface area contributed by atoms with Crippen LogP contribution < -0.4 is 5.32 Å². The smallest absolute Gasteiger partial charge is 0.365 e. The van der Waals surface area contributed by atoms with E-state index in [9.17, 15) is 9.59 Å². The van der Waals surface area contributed by atoms with Gasteiger partial charge in [0.05, 0.1) is 0 Å². The van der Waals surface area contributed by atoms with Gasteiger partial charge in [0.15, 0.2) is 0 Å². The maximum absolute atomic E-state index is 11.7. The van der Waals surface area contributed by atoms with Crippen molar-refractivity contribution in [1.82, 2.24) is 10.3 Å². The van der Waals surface area contributed by atoms with Gasteiger partial charge in [-0.2, -0.15) is 11.8 Å². The number of hydrogen-bond acceptors (Lipinski definition) is 5. The molecule has 1 amide bonds. The number of nitrogens with one attached hydrogen (secondary N) is 1. The zero-order valence-electron chi connectivity index (χ0n) is 9.60. The molecule has 1 aromatic rings. The van der Waals surface area contributed by atoms with Crippen LogP contribution in [0.4, 0.5) is 0 Å². The van der Waals surface area contributed by atoms with E-state index in [2.05, 4.69) is 10.3 Å². The number of thiazole rings is 1. The number of carboxylic acids is 1. The topological polar surface area (TPSA) is 79.3 Å². The SMILES string of the molecule is CSCCC(C)NC(=O)c1csc(C(=O)O)n1. The summed E-state index contributed by atoms with van der Waals surface area (Å²) in [5.74, 6) is -0.453. The second-order valence-corrected chi connectivity index (χ2v) is 5.34. The molecule has 1 atom stereocenters. The molecule has 2 N–H and O–H groups in total. The van der Waals surface area contributed by atoms with Crippen molar-refractivity contribution in [3.63, 3.8) is 0 Å². The van der Waals surface area contributed by atoms with E-state index in [4.69, 9.17) is 5.11 Å². The predicted octanol–water partition coefficient (Wildman–Crippen LogP) is 1.71. The highest BCUT2D eigenvalue weighted by Crippen LogP contribution is 2.10. The van der Waals surface area contributed by atoms with Crippen molar-refractivity contribution in [2.24, 2.45) is 0 Å². The van der Waals surface area contributed by atoms with Gasteiger partial charge in [-0.3, -0.25) is 4.79 Å². The van der Waals surface area contributed by atoms with E-state index in [0.717, 1.165) is 23.5 Å². The van der Waals surface area contributed by atoms with Crippen molar-refractivity contribution < 1.29 is 14.7 Å². The quantitative estimate of drug-likeness (QED) is 0.825. The third kappa shape index (κ3) is 4.35. The fourth-order valence-electron chi connectivity index (χ4n) is 1.14. The zero-order chi connectivity index (χ0) is 12.8. The van der Waals surface area contributed by atoms with Crippen LogP contribution in [0.2, 0.25) is 0 Å². The second-order valence-electron chi connectivity index (χ2n) is 3.50. The van der Waals surface area contributed by atoms with Crippen LogP contribution in [0.25, 0.3) is 0 Å². The lowest BCUT2D eigenvalue weighted by Gasteiger charge is -2.11. The first kappa shape index (κ1) is 14.0. The van der Waals surface area contributed by atoms with Crippen molar-refractivity contribution in [3.05, 3.63) is 16.1 Å². The van der Waals surface area contributed by atoms with Crippen molar-refractivity contribution in [2.45, 2.75) is 19.4 Å². The van der Waals surface area contributed by atoms with Gasteiger partial charge in [0.2, 0.25) is 5.01 Å². The van der Waals surface area contributed by atoms with Gasteiger partial charge < -0.3 is 10.4 Å². The molecule has 0 aliphatic rings. The van der Waals surface area contributed by atoms with Gasteiger partial charge >= 0.3 is 5.97 Å². The molecule has 0 saturated carbocycles. The van der Waals surface area contributed by atoms with E-state index >= 15 is 0 Å². The Morgan fingerprint density at radius 1 is 1.65 bits per heavy atom. The summed E-state index contributed by atoms with van der Waals surface area (Å²) < 4.78 is 0.